The number of nitrogens with zero attached hydrogens (tertiary/aromatic N) is 1. The second-order valence-electron chi connectivity index (χ2n) is 7.61. The predicted octanol–water partition coefficient (Wildman–Crippen LogP) is 3.85. The molecule has 1 unspecified atom stereocenters. The highest BCUT2D eigenvalue weighted by atomic mass is 19.1. The predicted molar refractivity (Wildman–Crippen MR) is 109 cm³/mol. The van der Waals surface area contributed by atoms with Gasteiger partial charge in [-0.15, -0.1) is 0 Å². The van der Waals surface area contributed by atoms with E-state index >= 15 is 0 Å². The molecule has 28 heavy (non-hydrogen) atoms. The summed E-state index contributed by atoms with van der Waals surface area (Å²) in [5.41, 5.74) is 3.33. The van der Waals surface area contributed by atoms with Crippen LogP contribution in [0.25, 0.3) is 0 Å². The molecule has 3 rings (SSSR count). The van der Waals surface area contributed by atoms with Crippen LogP contribution >= 0.6 is 0 Å². The van der Waals surface area contributed by atoms with Crippen LogP contribution in [0, 0.1) is 25.6 Å². The number of likely N-dealkylation sites (tertiary alicyclic amines) is 1. The van der Waals surface area contributed by atoms with Gasteiger partial charge in [0.15, 0.2) is 0 Å². The number of ether oxygens (including phenoxy) is 1. The van der Waals surface area contributed by atoms with Crippen LogP contribution in [0.2, 0.25) is 0 Å². The fourth-order valence-corrected chi connectivity index (χ4v) is 3.60. The van der Waals surface area contributed by atoms with E-state index in [2.05, 4.69) is 16.3 Å². The monoisotopic (exact) mass is 384 g/mol. The number of piperidine rings is 1. The minimum atomic E-state index is -0.220. The number of halogens is 1. The standard InChI is InChI=1S/C23H29FN2O2/c1-17-5-6-18(2)22(14-17)28-13-11-25-23(27)20-4-3-12-26(16-20)15-19-7-9-21(24)10-8-19/h5-10,14,20H,3-4,11-13,15-16H2,1-2H3,(H,25,27). The molecule has 150 valence electrons. The summed E-state index contributed by atoms with van der Waals surface area (Å²) in [6.07, 6.45) is 1.90. The molecule has 1 aliphatic rings. The number of hydrogen-bond donors (Lipinski definition) is 1. The third-order valence-electron chi connectivity index (χ3n) is 5.20. The van der Waals surface area contributed by atoms with Gasteiger partial charge in [0.05, 0.1) is 12.5 Å². The van der Waals surface area contributed by atoms with Crippen LogP contribution in [0.3, 0.4) is 0 Å². The number of carbonyl (C=O) groups excluding carboxylic acids is 1. The molecule has 1 heterocycles. The van der Waals surface area contributed by atoms with Crippen molar-refractivity contribution >= 4 is 5.91 Å². The van der Waals surface area contributed by atoms with E-state index in [1.54, 1.807) is 0 Å². The number of amides is 1. The van der Waals surface area contributed by atoms with Gasteiger partial charge in [0.2, 0.25) is 5.91 Å². The topological polar surface area (TPSA) is 41.6 Å². The van der Waals surface area contributed by atoms with E-state index < -0.39 is 0 Å². The van der Waals surface area contributed by atoms with Crippen molar-refractivity contribution in [2.45, 2.75) is 33.2 Å². The molecule has 0 radical (unpaired) electrons. The lowest BCUT2D eigenvalue weighted by Crippen LogP contribution is -2.43. The van der Waals surface area contributed by atoms with Crippen LogP contribution in [0.15, 0.2) is 42.5 Å². The Morgan fingerprint density at radius 3 is 2.79 bits per heavy atom. The molecule has 0 spiro atoms. The van der Waals surface area contributed by atoms with Crippen molar-refractivity contribution in [3.05, 3.63) is 65.0 Å². The molecule has 1 atom stereocenters. The first kappa shape index (κ1) is 20.3. The Bertz CT molecular complexity index is 792. The van der Waals surface area contributed by atoms with Crippen molar-refractivity contribution in [1.29, 1.82) is 0 Å². The Hall–Kier alpha value is -2.40. The zero-order valence-electron chi connectivity index (χ0n) is 16.7. The summed E-state index contributed by atoms with van der Waals surface area (Å²) < 4.78 is 18.9. The molecular formula is C23H29FN2O2. The van der Waals surface area contributed by atoms with Crippen molar-refractivity contribution in [3.8, 4) is 5.75 Å². The van der Waals surface area contributed by atoms with E-state index in [0.717, 1.165) is 54.9 Å². The molecule has 1 amide bonds. The maximum absolute atomic E-state index is 13.1. The molecule has 0 saturated carbocycles. The third kappa shape index (κ3) is 5.80. The van der Waals surface area contributed by atoms with Gasteiger partial charge in [0, 0.05) is 13.1 Å². The maximum Gasteiger partial charge on any atom is 0.224 e. The lowest BCUT2D eigenvalue weighted by molar-refractivity contribution is -0.126. The summed E-state index contributed by atoms with van der Waals surface area (Å²) in [4.78, 5) is 14.8. The largest absolute Gasteiger partial charge is 0.491 e. The van der Waals surface area contributed by atoms with Gasteiger partial charge < -0.3 is 10.1 Å². The van der Waals surface area contributed by atoms with Crippen LogP contribution in [0.5, 0.6) is 5.75 Å². The molecule has 0 bridgehead atoms. The first-order valence-electron chi connectivity index (χ1n) is 9.96. The van der Waals surface area contributed by atoms with Crippen molar-refractivity contribution in [2.75, 3.05) is 26.2 Å². The molecule has 4 nitrogen and oxygen atoms in total. The van der Waals surface area contributed by atoms with Gasteiger partial charge in [-0.1, -0.05) is 24.3 Å². The summed E-state index contributed by atoms with van der Waals surface area (Å²) in [6, 6.07) is 12.7. The van der Waals surface area contributed by atoms with E-state index in [9.17, 15) is 9.18 Å². The molecule has 0 aliphatic carbocycles. The van der Waals surface area contributed by atoms with Gasteiger partial charge in [0.1, 0.15) is 18.2 Å². The number of aryl methyl sites for hydroxylation is 2. The average molecular weight is 384 g/mol. The van der Waals surface area contributed by atoms with Crippen LogP contribution in [0.4, 0.5) is 4.39 Å². The highest BCUT2D eigenvalue weighted by Gasteiger charge is 2.25. The maximum atomic E-state index is 13.1. The minimum Gasteiger partial charge on any atom is -0.491 e. The first-order valence-corrected chi connectivity index (χ1v) is 9.96. The van der Waals surface area contributed by atoms with Gasteiger partial charge in [-0.2, -0.15) is 0 Å². The van der Waals surface area contributed by atoms with Gasteiger partial charge >= 0.3 is 0 Å². The van der Waals surface area contributed by atoms with Gasteiger partial charge in [-0.25, -0.2) is 4.39 Å². The lowest BCUT2D eigenvalue weighted by Gasteiger charge is -2.32. The van der Waals surface area contributed by atoms with E-state index in [1.807, 2.05) is 38.1 Å². The second-order valence-corrected chi connectivity index (χ2v) is 7.61. The van der Waals surface area contributed by atoms with E-state index in [-0.39, 0.29) is 17.6 Å². The Morgan fingerprint density at radius 2 is 2.00 bits per heavy atom. The van der Waals surface area contributed by atoms with Crippen molar-refractivity contribution in [3.63, 3.8) is 0 Å². The zero-order valence-corrected chi connectivity index (χ0v) is 16.7. The van der Waals surface area contributed by atoms with Gasteiger partial charge in [0.25, 0.3) is 0 Å². The highest BCUT2D eigenvalue weighted by molar-refractivity contribution is 5.78. The molecule has 0 aromatic heterocycles. The Kier molecular flexibility index (Phi) is 7.04. The number of nitrogens with one attached hydrogen (secondary N) is 1. The number of rotatable bonds is 7. The Balaban J connectivity index is 1.42. The smallest absolute Gasteiger partial charge is 0.224 e. The fraction of sp³-hybridized carbons (Fsp3) is 0.435. The molecule has 1 aliphatic heterocycles. The molecular weight excluding hydrogens is 355 g/mol. The average Bonchev–Trinajstić information content (AvgIpc) is 2.69. The lowest BCUT2D eigenvalue weighted by atomic mass is 9.96. The van der Waals surface area contributed by atoms with Gasteiger partial charge in [-0.3, -0.25) is 9.69 Å². The SMILES string of the molecule is Cc1ccc(C)c(OCCNC(=O)C2CCCN(Cc3ccc(F)cc3)C2)c1. The summed E-state index contributed by atoms with van der Waals surface area (Å²) in [5.74, 6) is 0.739. The van der Waals surface area contributed by atoms with Crippen LogP contribution in [-0.2, 0) is 11.3 Å². The Labute approximate surface area is 166 Å². The normalized spacial score (nSPS) is 17.3. The first-order chi connectivity index (χ1) is 13.5. The van der Waals surface area contributed by atoms with Crippen LogP contribution in [-0.4, -0.2) is 37.0 Å². The molecule has 2 aromatic carbocycles. The Morgan fingerprint density at radius 1 is 1.21 bits per heavy atom. The van der Waals surface area contributed by atoms with Crippen molar-refractivity contribution < 1.29 is 13.9 Å². The fourth-order valence-electron chi connectivity index (χ4n) is 3.60. The number of carbonyl (C=O) groups is 1. The summed E-state index contributed by atoms with van der Waals surface area (Å²) in [5, 5.41) is 3.01. The van der Waals surface area contributed by atoms with Crippen molar-refractivity contribution in [1.82, 2.24) is 10.2 Å². The molecule has 1 fully saturated rings. The van der Waals surface area contributed by atoms with E-state index in [1.165, 1.54) is 12.1 Å². The quantitative estimate of drug-likeness (QED) is 0.738. The molecule has 1 N–H and O–H groups in total. The van der Waals surface area contributed by atoms with Gasteiger partial charge in [-0.05, 0) is 68.1 Å². The summed E-state index contributed by atoms with van der Waals surface area (Å²) >= 11 is 0. The third-order valence-corrected chi connectivity index (χ3v) is 5.20. The second kappa shape index (κ2) is 9.69. The zero-order chi connectivity index (χ0) is 19.9. The van der Waals surface area contributed by atoms with E-state index in [4.69, 9.17) is 4.74 Å². The molecule has 5 heteroatoms. The molecule has 2 aromatic rings. The van der Waals surface area contributed by atoms with E-state index in [0.29, 0.717) is 13.2 Å². The summed E-state index contributed by atoms with van der Waals surface area (Å²) in [7, 11) is 0. The highest BCUT2D eigenvalue weighted by Crippen LogP contribution is 2.20. The van der Waals surface area contributed by atoms with Crippen molar-refractivity contribution in [2.24, 2.45) is 5.92 Å². The molecule has 1 saturated heterocycles. The van der Waals surface area contributed by atoms with Crippen LogP contribution < -0.4 is 10.1 Å². The number of hydrogen-bond acceptors (Lipinski definition) is 3. The summed E-state index contributed by atoms with van der Waals surface area (Å²) in [6.45, 7) is 7.47. The number of benzene rings is 2. The van der Waals surface area contributed by atoms with Crippen LogP contribution in [0.1, 0.15) is 29.5 Å². The minimum absolute atomic E-state index is 0.00472.